The SMILES string of the molecule is CCc1cc(=O)oc2cc(OCC(=O)O[C@H]3CC[C@@]4(C)C(=CC[C@H]5[C@H]6CC[C@H]([C@H](C)CCCC(C)C)[C@@]6(C)CC[C@@H]54)C3)ccc12. The number of carbonyl (C=O) groups is 1. The van der Waals surface area contributed by atoms with Gasteiger partial charge in [0.2, 0.25) is 0 Å². The fourth-order valence-electron chi connectivity index (χ4n) is 10.7. The molecule has 45 heavy (non-hydrogen) atoms. The van der Waals surface area contributed by atoms with Crippen molar-refractivity contribution in [2.24, 2.45) is 46.3 Å². The molecular weight excluding hydrogens is 560 g/mol. The standard InChI is InChI=1S/C40H56O5/c1-7-27-21-37(41)45-36-23-29(12-14-31(27)36)43-24-38(42)44-30-17-19-39(5)28(22-30)11-13-32-34-16-15-33(26(4)10-8-9-25(2)3)40(34,6)20-18-35(32)39/h11-12,14,21,23,25-26,30,32-35H,7-10,13,15-20,22,24H2,1-6H3/t26-,30+,32+,33-,34-,35+,39+,40-/m1/s1. The average Bonchev–Trinajstić information content (AvgIpc) is 3.36. The number of hydrogen-bond acceptors (Lipinski definition) is 5. The first-order chi connectivity index (χ1) is 21.5. The molecule has 2 aromatic rings. The van der Waals surface area contributed by atoms with E-state index in [-0.39, 0.29) is 29.7 Å². The molecule has 8 atom stereocenters. The van der Waals surface area contributed by atoms with Gasteiger partial charge in [-0.05, 0) is 115 Å². The van der Waals surface area contributed by atoms with Crippen LogP contribution in [0.2, 0.25) is 0 Å². The molecule has 6 rings (SSSR count). The van der Waals surface area contributed by atoms with Crippen LogP contribution in [-0.2, 0) is 16.0 Å². The van der Waals surface area contributed by atoms with Gasteiger partial charge in [-0.15, -0.1) is 0 Å². The van der Waals surface area contributed by atoms with Crippen LogP contribution >= 0.6 is 0 Å². The van der Waals surface area contributed by atoms with Crippen molar-refractivity contribution in [2.75, 3.05) is 6.61 Å². The Kier molecular flexibility index (Phi) is 9.29. The van der Waals surface area contributed by atoms with Crippen molar-refractivity contribution in [3.63, 3.8) is 0 Å². The number of rotatable bonds is 10. The van der Waals surface area contributed by atoms with Crippen LogP contribution in [0.1, 0.15) is 118 Å². The number of fused-ring (bicyclic) bond motifs is 6. The Morgan fingerprint density at radius 2 is 1.84 bits per heavy atom. The molecule has 1 aromatic heterocycles. The van der Waals surface area contributed by atoms with Gasteiger partial charge in [0.15, 0.2) is 6.61 Å². The van der Waals surface area contributed by atoms with Gasteiger partial charge in [-0.25, -0.2) is 9.59 Å². The molecule has 4 aliphatic carbocycles. The summed E-state index contributed by atoms with van der Waals surface area (Å²) in [5, 5.41) is 0.891. The van der Waals surface area contributed by atoms with Crippen LogP contribution in [0, 0.1) is 46.3 Å². The largest absolute Gasteiger partial charge is 0.482 e. The number of benzene rings is 1. The van der Waals surface area contributed by atoms with Crippen molar-refractivity contribution in [1.82, 2.24) is 0 Å². The van der Waals surface area contributed by atoms with Crippen LogP contribution in [0.15, 0.2) is 45.1 Å². The zero-order valence-electron chi connectivity index (χ0n) is 28.7. The van der Waals surface area contributed by atoms with E-state index < -0.39 is 0 Å². The Morgan fingerprint density at radius 1 is 1.02 bits per heavy atom. The molecule has 3 fully saturated rings. The summed E-state index contributed by atoms with van der Waals surface area (Å²) < 4.78 is 17.1. The normalized spacial score (nSPS) is 33.2. The minimum atomic E-state index is -0.375. The highest BCUT2D eigenvalue weighted by atomic mass is 16.6. The third kappa shape index (κ3) is 6.26. The number of ether oxygens (including phenoxy) is 2. The molecule has 0 amide bonds. The van der Waals surface area contributed by atoms with E-state index in [1.165, 1.54) is 63.0 Å². The Hall–Kier alpha value is -2.56. The summed E-state index contributed by atoms with van der Waals surface area (Å²) in [4.78, 5) is 24.8. The number of aryl methyl sites for hydroxylation is 1. The lowest BCUT2D eigenvalue weighted by atomic mass is 9.47. The molecule has 0 saturated heterocycles. The van der Waals surface area contributed by atoms with Crippen molar-refractivity contribution in [1.29, 1.82) is 0 Å². The van der Waals surface area contributed by atoms with Crippen LogP contribution < -0.4 is 10.4 Å². The predicted molar refractivity (Wildman–Crippen MR) is 180 cm³/mol. The van der Waals surface area contributed by atoms with Gasteiger partial charge < -0.3 is 13.9 Å². The van der Waals surface area contributed by atoms with Crippen molar-refractivity contribution in [3.05, 3.63) is 51.9 Å². The second kappa shape index (κ2) is 12.9. The number of esters is 1. The third-order valence-electron chi connectivity index (χ3n) is 13.1. The Labute approximate surface area is 270 Å². The van der Waals surface area contributed by atoms with E-state index in [1.54, 1.807) is 6.07 Å². The van der Waals surface area contributed by atoms with E-state index in [1.807, 2.05) is 19.1 Å². The molecule has 4 aliphatic rings. The van der Waals surface area contributed by atoms with E-state index in [9.17, 15) is 9.59 Å². The van der Waals surface area contributed by atoms with Crippen molar-refractivity contribution in [3.8, 4) is 5.75 Å². The third-order valence-corrected chi connectivity index (χ3v) is 13.1. The van der Waals surface area contributed by atoms with Gasteiger partial charge in [-0.3, -0.25) is 0 Å². The monoisotopic (exact) mass is 616 g/mol. The van der Waals surface area contributed by atoms with E-state index in [0.717, 1.165) is 72.1 Å². The van der Waals surface area contributed by atoms with Gasteiger partial charge in [0.05, 0.1) is 0 Å². The molecule has 3 saturated carbocycles. The molecule has 0 radical (unpaired) electrons. The fourth-order valence-corrected chi connectivity index (χ4v) is 10.7. The smallest absolute Gasteiger partial charge is 0.344 e. The summed E-state index contributed by atoms with van der Waals surface area (Å²) in [5.74, 6) is 5.11. The summed E-state index contributed by atoms with van der Waals surface area (Å²) in [6.45, 7) is 14.3. The molecular formula is C40H56O5. The molecule has 5 nitrogen and oxygen atoms in total. The maximum atomic E-state index is 12.9. The molecule has 0 bridgehead atoms. The highest BCUT2D eigenvalue weighted by molar-refractivity contribution is 5.81. The molecule has 0 N–H and O–H groups in total. The Bertz CT molecular complexity index is 1470. The lowest BCUT2D eigenvalue weighted by Gasteiger charge is -2.58. The quantitative estimate of drug-likeness (QED) is 0.151. The second-order valence-corrected chi connectivity index (χ2v) is 16.0. The van der Waals surface area contributed by atoms with Gasteiger partial charge in [0.25, 0.3) is 0 Å². The van der Waals surface area contributed by atoms with Crippen LogP contribution in [0.5, 0.6) is 5.75 Å². The summed E-state index contributed by atoms with van der Waals surface area (Å²) in [6.07, 6.45) is 17.0. The first kappa shape index (κ1) is 32.4. The molecule has 0 aliphatic heterocycles. The van der Waals surface area contributed by atoms with Crippen LogP contribution in [-0.4, -0.2) is 18.7 Å². The topological polar surface area (TPSA) is 65.7 Å². The first-order valence-electron chi connectivity index (χ1n) is 18.1. The number of carbonyl (C=O) groups excluding carboxylic acids is 1. The molecule has 0 unspecified atom stereocenters. The Morgan fingerprint density at radius 3 is 2.62 bits per heavy atom. The summed E-state index contributed by atoms with van der Waals surface area (Å²) >= 11 is 0. The minimum Gasteiger partial charge on any atom is -0.482 e. The van der Waals surface area contributed by atoms with E-state index >= 15 is 0 Å². The highest BCUT2D eigenvalue weighted by Crippen LogP contribution is 2.67. The molecule has 5 heteroatoms. The highest BCUT2D eigenvalue weighted by Gasteiger charge is 2.59. The summed E-state index contributed by atoms with van der Waals surface area (Å²) in [6, 6.07) is 6.92. The number of hydrogen-bond donors (Lipinski definition) is 0. The zero-order valence-corrected chi connectivity index (χ0v) is 28.7. The minimum absolute atomic E-state index is 0.0879. The number of allylic oxidation sites excluding steroid dienone is 1. The lowest BCUT2D eigenvalue weighted by molar-refractivity contribution is -0.153. The van der Waals surface area contributed by atoms with Gasteiger partial charge in [0, 0.05) is 23.9 Å². The first-order valence-corrected chi connectivity index (χ1v) is 18.1. The molecule has 1 heterocycles. The van der Waals surface area contributed by atoms with Crippen molar-refractivity contribution < 1.29 is 18.7 Å². The van der Waals surface area contributed by atoms with Gasteiger partial charge >= 0.3 is 11.6 Å². The van der Waals surface area contributed by atoms with Gasteiger partial charge in [0.1, 0.15) is 17.4 Å². The molecule has 1 aromatic carbocycles. The predicted octanol–water partition coefficient (Wildman–Crippen LogP) is 9.69. The lowest BCUT2D eigenvalue weighted by Crippen LogP contribution is -2.51. The van der Waals surface area contributed by atoms with E-state index in [4.69, 9.17) is 13.9 Å². The maximum absolute atomic E-state index is 12.9. The van der Waals surface area contributed by atoms with Crippen molar-refractivity contribution in [2.45, 2.75) is 125 Å². The van der Waals surface area contributed by atoms with Crippen LogP contribution in [0.4, 0.5) is 0 Å². The fraction of sp³-hybridized carbons (Fsp3) is 0.700. The maximum Gasteiger partial charge on any atom is 0.344 e. The summed E-state index contributed by atoms with van der Waals surface area (Å²) in [5.41, 5.74) is 3.31. The van der Waals surface area contributed by atoms with Crippen LogP contribution in [0.25, 0.3) is 11.0 Å². The van der Waals surface area contributed by atoms with Gasteiger partial charge in [-0.1, -0.05) is 72.5 Å². The summed E-state index contributed by atoms with van der Waals surface area (Å²) in [7, 11) is 0. The Balaban J connectivity index is 1.05. The molecule has 246 valence electrons. The van der Waals surface area contributed by atoms with E-state index in [0.29, 0.717) is 16.7 Å². The zero-order chi connectivity index (χ0) is 31.9. The van der Waals surface area contributed by atoms with Crippen LogP contribution in [0.3, 0.4) is 0 Å². The van der Waals surface area contributed by atoms with E-state index in [2.05, 4.69) is 40.7 Å². The average molecular weight is 617 g/mol. The second-order valence-electron chi connectivity index (χ2n) is 16.0. The molecule has 0 spiro atoms. The van der Waals surface area contributed by atoms with Crippen molar-refractivity contribution >= 4 is 16.9 Å². The van der Waals surface area contributed by atoms with Gasteiger partial charge in [-0.2, -0.15) is 0 Å².